The predicted octanol–water partition coefficient (Wildman–Crippen LogP) is 2.96. The van der Waals surface area contributed by atoms with Crippen molar-refractivity contribution in [2.45, 2.75) is 51.6 Å². The van der Waals surface area contributed by atoms with Gasteiger partial charge in [-0.1, -0.05) is 0 Å². The highest BCUT2D eigenvalue weighted by atomic mass is 19.1. The Morgan fingerprint density at radius 2 is 2.06 bits per heavy atom. The van der Waals surface area contributed by atoms with Gasteiger partial charge in [0.15, 0.2) is 18.0 Å². The van der Waals surface area contributed by atoms with E-state index in [1.54, 1.807) is 19.9 Å². The first-order valence-electron chi connectivity index (χ1n) is 11.2. The van der Waals surface area contributed by atoms with Crippen molar-refractivity contribution in [2.75, 3.05) is 24.5 Å². The minimum Gasteiger partial charge on any atom is -0.370 e. The number of nitrogens with one attached hydrogen (secondary N) is 1. The molecule has 1 aromatic carbocycles. The lowest BCUT2D eigenvalue weighted by Gasteiger charge is -2.34. The number of halogens is 1. The molecular formula is C24H30FN5O3. The first-order chi connectivity index (χ1) is 15.7. The number of imidazole rings is 1. The predicted molar refractivity (Wildman–Crippen MR) is 120 cm³/mol. The number of aromatic nitrogens is 2. The van der Waals surface area contributed by atoms with Gasteiger partial charge in [-0.05, 0) is 57.7 Å². The van der Waals surface area contributed by atoms with E-state index in [9.17, 15) is 14.4 Å². The topological polar surface area (TPSA) is 92.4 Å². The molecule has 1 N–H and O–H groups in total. The van der Waals surface area contributed by atoms with Gasteiger partial charge in [0.2, 0.25) is 0 Å². The molecule has 0 spiro atoms. The van der Waals surface area contributed by atoms with Gasteiger partial charge in [0.05, 0.1) is 16.9 Å². The van der Waals surface area contributed by atoms with E-state index in [0.29, 0.717) is 23.9 Å². The van der Waals surface area contributed by atoms with E-state index >= 15 is 0 Å². The fourth-order valence-electron chi connectivity index (χ4n) is 4.64. The number of ether oxygens (including phenoxy) is 2. The summed E-state index contributed by atoms with van der Waals surface area (Å²) in [6, 6.07) is 6.39. The van der Waals surface area contributed by atoms with E-state index in [0.717, 1.165) is 37.3 Å². The summed E-state index contributed by atoms with van der Waals surface area (Å²) >= 11 is 0. The standard InChI is InChI=1S/C24H30FN5O3/c1-15-14-29(4)22(28-15)20-21(33-24(2,3)32-20)23(31)27-13-16-7-9-30(10-8-16)19-6-5-18(25)11-17(19)12-26/h5-6,11,14,16,20-21H,7-10,13H2,1-4H3,(H,27,31)/t20-,21-/m1/s1. The summed E-state index contributed by atoms with van der Waals surface area (Å²) in [6.07, 6.45) is 2.25. The summed E-state index contributed by atoms with van der Waals surface area (Å²) in [4.78, 5) is 19.7. The molecule has 4 rings (SSSR count). The van der Waals surface area contributed by atoms with Crippen LogP contribution in [0, 0.1) is 30.0 Å². The average Bonchev–Trinajstić information content (AvgIpc) is 3.29. The van der Waals surface area contributed by atoms with E-state index < -0.39 is 23.8 Å². The van der Waals surface area contributed by atoms with Crippen molar-refractivity contribution in [2.24, 2.45) is 13.0 Å². The first-order valence-corrected chi connectivity index (χ1v) is 11.2. The van der Waals surface area contributed by atoms with Gasteiger partial charge < -0.3 is 24.3 Å². The Morgan fingerprint density at radius 3 is 2.70 bits per heavy atom. The van der Waals surface area contributed by atoms with Gasteiger partial charge >= 0.3 is 0 Å². The summed E-state index contributed by atoms with van der Waals surface area (Å²) in [6.45, 7) is 7.51. The van der Waals surface area contributed by atoms with Crippen molar-refractivity contribution in [1.82, 2.24) is 14.9 Å². The molecule has 9 heteroatoms. The van der Waals surface area contributed by atoms with Gasteiger partial charge in [0.1, 0.15) is 17.7 Å². The van der Waals surface area contributed by atoms with E-state index in [1.165, 1.54) is 12.1 Å². The molecule has 0 radical (unpaired) electrons. The monoisotopic (exact) mass is 455 g/mol. The fourth-order valence-corrected chi connectivity index (χ4v) is 4.64. The number of carbonyl (C=O) groups excluding carboxylic acids is 1. The van der Waals surface area contributed by atoms with Gasteiger partial charge in [-0.15, -0.1) is 0 Å². The van der Waals surface area contributed by atoms with Crippen molar-refractivity contribution in [3.05, 3.63) is 47.3 Å². The molecule has 0 aliphatic carbocycles. The number of benzene rings is 1. The van der Waals surface area contributed by atoms with Crippen LogP contribution in [0.15, 0.2) is 24.4 Å². The van der Waals surface area contributed by atoms with Crippen molar-refractivity contribution < 1.29 is 18.7 Å². The average molecular weight is 456 g/mol. The minimum atomic E-state index is -0.883. The van der Waals surface area contributed by atoms with Crippen molar-refractivity contribution >= 4 is 11.6 Å². The van der Waals surface area contributed by atoms with Crippen LogP contribution in [0.3, 0.4) is 0 Å². The van der Waals surface area contributed by atoms with E-state index in [1.807, 2.05) is 24.7 Å². The summed E-state index contributed by atoms with van der Waals surface area (Å²) in [5.74, 6) is -0.530. The van der Waals surface area contributed by atoms with Gasteiger partial charge in [-0.25, -0.2) is 9.37 Å². The Bertz CT molecular complexity index is 1070. The number of hydrogen-bond acceptors (Lipinski definition) is 6. The van der Waals surface area contributed by atoms with Crippen LogP contribution in [0.25, 0.3) is 0 Å². The zero-order chi connectivity index (χ0) is 23.8. The lowest BCUT2D eigenvalue weighted by molar-refractivity contribution is -0.156. The molecule has 2 aliphatic rings. The van der Waals surface area contributed by atoms with E-state index in [-0.39, 0.29) is 5.91 Å². The van der Waals surface area contributed by atoms with Crippen molar-refractivity contribution in [1.29, 1.82) is 5.26 Å². The second-order valence-corrected chi connectivity index (χ2v) is 9.28. The molecule has 2 saturated heterocycles. The number of amides is 1. The van der Waals surface area contributed by atoms with Crippen LogP contribution in [0.1, 0.15) is 49.9 Å². The highest BCUT2D eigenvalue weighted by molar-refractivity contribution is 5.81. The third kappa shape index (κ3) is 5.02. The molecule has 1 amide bonds. The first kappa shape index (κ1) is 23.2. The van der Waals surface area contributed by atoms with Crippen LogP contribution >= 0.6 is 0 Å². The Hall–Kier alpha value is -2.96. The summed E-state index contributed by atoms with van der Waals surface area (Å²) in [5, 5.41) is 12.4. The molecular weight excluding hydrogens is 425 g/mol. The quantitative estimate of drug-likeness (QED) is 0.745. The fraction of sp³-hybridized carbons (Fsp3) is 0.542. The maximum absolute atomic E-state index is 13.4. The van der Waals surface area contributed by atoms with Crippen LogP contribution in [-0.2, 0) is 21.3 Å². The molecule has 0 saturated carbocycles. The van der Waals surface area contributed by atoms with E-state index in [2.05, 4.69) is 21.3 Å². The molecule has 176 valence electrons. The van der Waals surface area contributed by atoms with E-state index in [4.69, 9.17) is 9.47 Å². The van der Waals surface area contributed by atoms with Crippen LogP contribution in [0.5, 0.6) is 0 Å². The SMILES string of the molecule is Cc1cn(C)c([C@@H]2OC(C)(C)O[C@H]2C(=O)NCC2CCN(c3ccc(F)cc3C#N)CC2)n1. The summed E-state index contributed by atoms with van der Waals surface area (Å²) in [7, 11) is 1.88. The molecule has 0 bridgehead atoms. The number of rotatable bonds is 5. The number of anilines is 1. The maximum Gasteiger partial charge on any atom is 0.252 e. The Morgan fingerprint density at radius 1 is 1.33 bits per heavy atom. The lowest BCUT2D eigenvalue weighted by Crippen LogP contribution is -2.43. The molecule has 2 atom stereocenters. The molecule has 0 unspecified atom stereocenters. The molecule has 1 aromatic heterocycles. The number of hydrogen-bond donors (Lipinski definition) is 1. The number of nitriles is 1. The molecule has 3 heterocycles. The zero-order valence-corrected chi connectivity index (χ0v) is 19.5. The number of aryl methyl sites for hydroxylation is 2. The minimum absolute atomic E-state index is 0.209. The Labute approximate surface area is 193 Å². The summed E-state index contributed by atoms with van der Waals surface area (Å²) < 4.78 is 27.3. The summed E-state index contributed by atoms with van der Waals surface area (Å²) in [5.41, 5.74) is 1.96. The third-order valence-corrected chi connectivity index (χ3v) is 6.24. The number of nitrogens with zero attached hydrogens (tertiary/aromatic N) is 4. The van der Waals surface area contributed by atoms with Gasteiger partial charge in [0.25, 0.3) is 5.91 Å². The Kier molecular flexibility index (Phi) is 6.41. The van der Waals surface area contributed by atoms with Crippen molar-refractivity contribution in [3.8, 4) is 6.07 Å². The van der Waals surface area contributed by atoms with Gasteiger partial charge in [-0.2, -0.15) is 5.26 Å². The molecule has 8 nitrogen and oxygen atoms in total. The normalized spacial score (nSPS) is 22.8. The lowest BCUT2D eigenvalue weighted by atomic mass is 9.95. The smallest absolute Gasteiger partial charge is 0.252 e. The molecule has 2 fully saturated rings. The highest BCUT2D eigenvalue weighted by Crippen LogP contribution is 2.38. The van der Waals surface area contributed by atoms with Crippen LogP contribution < -0.4 is 10.2 Å². The van der Waals surface area contributed by atoms with Gasteiger partial charge in [0, 0.05) is 32.9 Å². The molecule has 2 aromatic rings. The maximum atomic E-state index is 13.4. The van der Waals surface area contributed by atoms with Crippen molar-refractivity contribution in [3.63, 3.8) is 0 Å². The largest absolute Gasteiger partial charge is 0.370 e. The molecule has 33 heavy (non-hydrogen) atoms. The van der Waals surface area contributed by atoms with Gasteiger partial charge in [-0.3, -0.25) is 4.79 Å². The second-order valence-electron chi connectivity index (χ2n) is 9.28. The highest BCUT2D eigenvalue weighted by Gasteiger charge is 2.47. The Balaban J connectivity index is 1.34. The zero-order valence-electron chi connectivity index (χ0n) is 19.5. The second kappa shape index (κ2) is 9.12. The number of carbonyl (C=O) groups is 1. The van der Waals surface area contributed by atoms with Crippen LogP contribution in [-0.4, -0.2) is 47.0 Å². The molecule has 2 aliphatic heterocycles. The van der Waals surface area contributed by atoms with Crippen LogP contribution in [0.4, 0.5) is 10.1 Å². The number of piperidine rings is 1. The third-order valence-electron chi connectivity index (χ3n) is 6.24. The van der Waals surface area contributed by atoms with Crippen LogP contribution in [0.2, 0.25) is 0 Å².